The van der Waals surface area contributed by atoms with Gasteiger partial charge in [0.2, 0.25) is 0 Å². The largest absolute Gasteiger partial charge is 0.482 e. The smallest absolute Gasteiger partial charge is 0.277 e. The monoisotopic (exact) mass is 372 g/mol. The van der Waals surface area contributed by atoms with E-state index in [4.69, 9.17) is 16.3 Å². The van der Waals surface area contributed by atoms with Crippen LogP contribution in [0.25, 0.3) is 11.3 Å². The van der Waals surface area contributed by atoms with Gasteiger partial charge in [-0.15, -0.1) is 0 Å². The Bertz CT molecular complexity index is 925. The predicted molar refractivity (Wildman–Crippen MR) is 96.7 cm³/mol. The number of aromatic amines is 1. The quantitative estimate of drug-likeness (QED) is 0.514. The van der Waals surface area contributed by atoms with Gasteiger partial charge < -0.3 is 4.74 Å². The molecule has 2 aromatic carbocycles. The summed E-state index contributed by atoms with van der Waals surface area (Å²) in [6, 6.07) is 12.8. The Labute approximate surface area is 153 Å². The number of halogens is 2. The van der Waals surface area contributed by atoms with Gasteiger partial charge in [0, 0.05) is 11.1 Å². The molecule has 0 aliphatic carbocycles. The highest BCUT2D eigenvalue weighted by Gasteiger charge is 2.07. The van der Waals surface area contributed by atoms with Crippen LogP contribution >= 0.6 is 11.6 Å². The van der Waals surface area contributed by atoms with E-state index in [1.54, 1.807) is 42.6 Å². The minimum Gasteiger partial charge on any atom is -0.482 e. The molecule has 8 heteroatoms. The van der Waals surface area contributed by atoms with Crippen LogP contribution in [0.3, 0.4) is 0 Å². The third kappa shape index (κ3) is 4.46. The van der Waals surface area contributed by atoms with E-state index in [9.17, 15) is 9.18 Å². The van der Waals surface area contributed by atoms with Crippen molar-refractivity contribution in [1.82, 2.24) is 15.6 Å². The number of ether oxygens (including phenoxy) is 1. The maximum Gasteiger partial charge on any atom is 0.277 e. The zero-order valence-corrected chi connectivity index (χ0v) is 14.2. The molecule has 3 aromatic rings. The van der Waals surface area contributed by atoms with E-state index >= 15 is 0 Å². The Morgan fingerprint density at radius 2 is 2.04 bits per heavy atom. The molecule has 1 amide bonds. The van der Waals surface area contributed by atoms with Crippen molar-refractivity contribution in [3.8, 4) is 17.0 Å². The number of hydrogen-bond donors (Lipinski definition) is 2. The second-order valence-electron chi connectivity index (χ2n) is 5.22. The lowest BCUT2D eigenvalue weighted by atomic mass is 10.1. The van der Waals surface area contributed by atoms with Crippen LogP contribution in [0.2, 0.25) is 5.02 Å². The molecule has 0 bridgehead atoms. The normalized spacial score (nSPS) is 10.8. The number of rotatable bonds is 6. The Morgan fingerprint density at radius 1 is 1.27 bits per heavy atom. The first kappa shape index (κ1) is 17.6. The van der Waals surface area contributed by atoms with Crippen LogP contribution in [0.1, 0.15) is 5.56 Å². The summed E-state index contributed by atoms with van der Waals surface area (Å²) in [6.07, 6.45) is 2.99. The fourth-order valence-corrected chi connectivity index (χ4v) is 2.34. The topological polar surface area (TPSA) is 79.4 Å². The summed E-state index contributed by atoms with van der Waals surface area (Å²) < 4.78 is 18.3. The fraction of sp³-hybridized carbons (Fsp3) is 0.0556. The number of benzene rings is 2. The summed E-state index contributed by atoms with van der Waals surface area (Å²) in [7, 11) is 0. The third-order valence-electron chi connectivity index (χ3n) is 3.39. The SMILES string of the molecule is O=C(COc1ccccc1Cl)NN=Cc1cn[nH]c1-c1ccc(F)cc1. The molecule has 0 spiro atoms. The van der Waals surface area contributed by atoms with Crippen molar-refractivity contribution in [2.24, 2.45) is 5.10 Å². The van der Waals surface area contributed by atoms with Gasteiger partial charge in [0.25, 0.3) is 5.91 Å². The number of hydrogen-bond acceptors (Lipinski definition) is 4. The van der Waals surface area contributed by atoms with Crippen LogP contribution in [-0.2, 0) is 4.79 Å². The maximum atomic E-state index is 13.0. The van der Waals surface area contributed by atoms with Crippen LogP contribution in [0.4, 0.5) is 4.39 Å². The molecular weight excluding hydrogens is 359 g/mol. The zero-order valence-electron chi connectivity index (χ0n) is 13.4. The van der Waals surface area contributed by atoms with Crippen LogP contribution < -0.4 is 10.2 Å². The molecular formula is C18H14ClFN4O2. The number of nitrogens with one attached hydrogen (secondary N) is 2. The molecule has 0 saturated heterocycles. The molecule has 0 aliphatic rings. The van der Waals surface area contributed by atoms with Crippen molar-refractivity contribution >= 4 is 23.7 Å². The molecule has 1 heterocycles. The van der Waals surface area contributed by atoms with Gasteiger partial charge in [-0.1, -0.05) is 23.7 Å². The molecule has 2 N–H and O–H groups in total. The molecule has 0 radical (unpaired) electrons. The molecule has 0 saturated carbocycles. The van der Waals surface area contributed by atoms with E-state index < -0.39 is 5.91 Å². The zero-order chi connectivity index (χ0) is 18.4. The summed E-state index contributed by atoms with van der Waals surface area (Å²) >= 11 is 5.94. The van der Waals surface area contributed by atoms with Crippen molar-refractivity contribution in [2.45, 2.75) is 0 Å². The summed E-state index contributed by atoms with van der Waals surface area (Å²) in [4.78, 5) is 11.8. The van der Waals surface area contributed by atoms with Gasteiger partial charge in [-0.25, -0.2) is 9.82 Å². The van der Waals surface area contributed by atoms with Crippen LogP contribution in [0.5, 0.6) is 5.75 Å². The van der Waals surface area contributed by atoms with E-state index in [0.717, 1.165) is 5.56 Å². The second kappa shape index (κ2) is 8.26. The van der Waals surface area contributed by atoms with Gasteiger partial charge in [0.15, 0.2) is 6.61 Å². The third-order valence-corrected chi connectivity index (χ3v) is 3.70. The Morgan fingerprint density at radius 3 is 2.81 bits per heavy atom. The Kier molecular flexibility index (Phi) is 5.60. The van der Waals surface area contributed by atoms with E-state index in [2.05, 4.69) is 20.7 Å². The first-order valence-electron chi connectivity index (χ1n) is 7.62. The van der Waals surface area contributed by atoms with E-state index in [-0.39, 0.29) is 12.4 Å². The van der Waals surface area contributed by atoms with Crippen LogP contribution in [0, 0.1) is 5.82 Å². The molecule has 3 rings (SSSR count). The molecule has 0 unspecified atom stereocenters. The van der Waals surface area contributed by atoms with E-state index in [1.807, 2.05) is 0 Å². The average molecular weight is 373 g/mol. The molecule has 0 fully saturated rings. The number of amides is 1. The standard InChI is InChI=1S/C18H14ClFN4O2/c19-15-3-1-2-4-16(15)26-11-17(25)23-21-9-13-10-22-24-18(13)12-5-7-14(20)8-6-12/h1-10H,11H2,(H,22,24)(H,23,25). The molecule has 0 aliphatic heterocycles. The highest BCUT2D eigenvalue weighted by atomic mass is 35.5. The van der Waals surface area contributed by atoms with Crippen molar-refractivity contribution in [3.63, 3.8) is 0 Å². The minimum atomic E-state index is -0.437. The van der Waals surface area contributed by atoms with Crippen LogP contribution in [-0.4, -0.2) is 28.9 Å². The number of nitrogens with zero attached hydrogens (tertiary/aromatic N) is 2. The molecule has 1 aromatic heterocycles. The molecule has 26 heavy (non-hydrogen) atoms. The highest BCUT2D eigenvalue weighted by molar-refractivity contribution is 6.32. The number of carbonyl (C=O) groups excluding carboxylic acids is 1. The Hall–Kier alpha value is -3.19. The maximum absolute atomic E-state index is 13.0. The van der Waals surface area contributed by atoms with Gasteiger partial charge in [-0.05, 0) is 36.4 Å². The minimum absolute atomic E-state index is 0.225. The molecule has 132 valence electrons. The van der Waals surface area contributed by atoms with Crippen molar-refractivity contribution in [1.29, 1.82) is 0 Å². The van der Waals surface area contributed by atoms with Gasteiger partial charge in [-0.2, -0.15) is 10.2 Å². The lowest BCUT2D eigenvalue weighted by molar-refractivity contribution is -0.123. The first-order valence-corrected chi connectivity index (χ1v) is 8.00. The van der Waals surface area contributed by atoms with Crippen LogP contribution in [0.15, 0.2) is 59.8 Å². The van der Waals surface area contributed by atoms with Crippen molar-refractivity contribution in [2.75, 3.05) is 6.61 Å². The van der Waals surface area contributed by atoms with Crippen molar-refractivity contribution in [3.05, 3.63) is 71.1 Å². The van der Waals surface area contributed by atoms with E-state index in [1.165, 1.54) is 18.3 Å². The van der Waals surface area contributed by atoms with Crippen molar-refractivity contribution < 1.29 is 13.9 Å². The van der Waals surface area contributed by atoms with E-state index in [0.29, 0.717) is 22.0 Å². The number of H-pyrrole nitrogens is 1. The second-order valence-corrected chi connectivity index (χ2v) is 5.63. The summed E-state index contributed by atoms with van der Waals surface area (Å²) in [5, 5.41) is 11.1. The summed E-state index contributed by atoms with van der Waals surface area (Å²) in [6.45, 7) is -0.225. The number of para-hydroxylation sites is 1. The molecule has 0 atom stereocenters. The lowest BCUT2D eigenvalue weighted by Gasteiger charge is -2.06. The Balaban J connectivity index is 1.57. The summed E-state index contributed by atoms with van der Waals surface area (Å²) in [5.74, 6) is -0.344. The lowest BCUT2D eigenvalue weighted by Crippen LogP contribution is -2.24. The predicted octanol–water partition coefficient (Wildman–Crippen LogP) is 3.40. The van der Waals surface area contributed by atoms with Gasteiger partial charge in [0.1, 0.15) is 11.6 Å². The summed E-state index contributed by atoms with van der Waals surface area (Å²) in [5.41, 5.74) is 4.41. The number of aromatic nitrogens is 2. The fourth-order valence-electron chi connectivity index (χ4n) is 2.15. The highest BCUT2D eigenvalue weighted by Crippen LogP contribution is 2.23. The number of carbonyl (C=O) groups is 1. The van der Waals surface area contributed by atoms with Gasteiger partial charge >= 0.3 is 0 Å². The number of hydrazone groups is 1. The van der Waals surface area contributed by atoms with Gasteiger partial charge in [0.05, 0.1) is 23.1 Å². The average Bonchev–Trinajstić information content (AvgIpc) is 3.10. The first-order chi connectivity index (χ1) is 12.6. The molecule has 6 nitrogen and oxygen atoms in total. The van der Waals surface area contributed by atoms with Gasteiger partial charge in [-0.3, -0.25) is 9.89 Å².